The molecule has 0 bridgehead atoms. The molecule has 0 spiro atoms. The van der Waals surface area contributed by atoms with Crippen LogP contribution in [0.25, 0.3) is 11.1 Å². The SMILES string of the molecule is O=C1CC(C(=O)O)N(C(=O)C[C@@H]2CC[C@H](NC(=O)OCC3c4ccccc4-c4ccccc43)C2)N1. The fraction of sp³-hybridized carbons (Fsp3) is 0.385. The summed E-state index contributed by atoms with van der Waals surface area (Å²) < 4.78 is 5.61. The van der Waals surface area contributed by atoms with E-state index in [0.717, 1.165) is 22.6 Å². The highest BCUT2D eigenvalue weighted by atomic mass is 16.5. The fourth-order valence-electron chi connectivity index (χ4n) is 5.50. The number of alkyl carbamates (subject to hydrolysis) is 1. The van der Waals surface area contributed by atoms with Gasteiger partial charge in [0.2, 0.25) is 11.8 Å². The number of amides is 3. The van der Waals surface area contributed by atoms with Crippen molar-refractivity contribution in [2.24, 2.45) is 5.92 Å². The van der Waals surface area contributed by atoms with Gasteiger partial charge in [-0.15, -0.1) is 0 Å². The lowest BCUT2D eigenvalue weighted by molar-refractivity contribution is -0.150. The van der Waals surface area contributed by atoms with Crippen molar-refractivity contribution in [2.45, 2.75) is 50.1 Å². The molecule has 0 radical (unpaired) electrons. The first-order valence-electron chi connectivity index (χ1n) is 11.9. The van der Waals surface area contributed by atoms with E-state index in [1.807, 2.05) is 24.3 Å². The monoisotopic (exact) mass is 477 g/mol. The van der Waals surface area contributed by atoms with Crippen LogP contribution in [0, 0.1) is 5.92 Å². The molecule has 1 saturated heterocycles. The van der Waals surface area contributed by atoms with Gasteiger partial charge in [-0.05, 0) is 47.4 Å². The maximum absolute atomic E-state index is 12.6. The summed E-state index contributed by atoms with van der Waals surface area (Å²) in [5.41, 5.74) is 6.96. The Bertz CT molecular complexity index is 1140. The van der Waals surface area contributed by atoms with Crippen LogP contribution in [0.3, 0.4) is 0 Å². The lowest BCUT2D eigenvalue weighted by atomic mass is 9.98. The number of hydrogen-bond donors (Lipinski definition) is 3. The number of carboxylic acids is 1. The van der Waals surface area contributed by atoms with E-state index < -0.39 is 29.9 Å². The highest BCUT2D eigenvalue weighted by Crippen LogP contribution is 2.44. The number of nitrogens with zero attached hydrogens (tertiary/aromatic N) is 1. The first kappa shape index (κ1) is 22.9. The van der Waals surface area contributed by atoms with E-state index in [1.165, 1.54) is 11.1 Å². The van der Waals surface area contributed by atoms with Gasteiger partial charge in [0, 0.05) is 18.4 Å². The van der Waals surface area contributed by atoms with Crippen molar-refractivity contribution in [2.75, 3.05) is 6.61 Å². The average molecular weight is 478 g/mol. The summed E-state index contributed by atoms with van der Waals surface area (Å²) in [7, 11) is 0. The van der Waals surface area contributed by atoms with Crippen molar-refractivity contribution >= 4 is 23.9 Å². The molecule has 2 aliphatic carbocycles. The van der Waals surface area contributed by atoms with Crippen molar-refractivity contribution in [1.82, 2.24) is 15.8 Å². The summed E-state index contributed by atoms with van der Waals surface area (Å²) in [6.07, 6.45) is 1.41. The van der Waals surface area contributed by atoms with Crippen molar-refractivity contribution in [1.29, 1.82) is 0 Å². The maximum atomic E-state index is 12.6. The third-order valence-electron chi connectivity index (χ3n) is 7.16. The van der Waals surface area contributed by atoms with Gasteiger partial charge in [0.25, 0.3) is 0 Å². The lowest BCUT2D eigenvalue weighted by Crippen LogP contribution is -2.46. The first-order chi connectivity index (χ1) is 16.9. The molecule has 5 rings (SSSR count). The molecule has 3 N–H and O–H groups in total. The summed E-state index contributed by atoms with van der Waals surface area (Å²) in [5.74, 6) is -2.13. The Morgan fingerprint density at radius 2 is 1.69 bits per heavy atom. The van der Waals surface area contributed by atoms with Crippen molar-refractivity contribution in [3.8, 4) is 11.1 Å². The Balaban J connectivity index is 1.12. The van der Waals surface area contributed by atoms with Gasteiger partial charge in [-0.25, -0.2) is 14.6 Å². The largest absolute Gasteiger partial charge is 0.480 e. The smallest absolute Gasteiger partial charge is 0.407 e. The maximum Gasteiger partial charge on any atom is 0.407 e. The molecule has 3 amide bonds. The molecule has 2 fully saturated rings. The standard InChI is InChI=1S/C26H27N3O6/c30-23-13-22(25(32)33)29(28-23)24(31)12-15-9-10-16(11-15)27-26(34)35-14-21-19-7-3-1-5-17(19)18-6-2-4-8-20(18)21/h1-8,15-16,21-22H,9-14H2,(H,27,34)(H,28,30)(H,32,33)/t15-,16+,22?/m1/s1. The zero-order valence-electron chi connectivity index (χ0n) is 19.1. The Kier molecular flexibility index (Phi) is 6.15. The van der Waals surface area contributed by atoms with Crippen LogP contribution in [-0.4, -0.2) is 52.7 Å². The van der Waals surface area contributed by atoms with Crippen LogP contribution in [0.15, 0.2) is 48.5 Å². The van der Waals surface area contributed by atoms with Crippen LogP contribution < -0.4 is 10.7 Å². The number of aliphatic carboxylic acids is 1. The highest BCUT2D eigenvalue weighted by molar-refractivity contribution is 5.93. The Labute approximate surface area is 202 Å². The van der Waals surface area contributed by atoms with Crippen LogP contribution in [0.4, 0.5) is 4.79 Å². The van der Waals surface area contributed by atoms with Crippen LogP contribution >= 0.6 is 0 Å². The molecular formula is C26H27N3O6. The summed E-state index contributed by atoms with van der Waals surface area (Å²) in [6, 6.07) is 15.0. The topological polar surface area (TPSA) is 125 Å². The Hall–Kier alpha value is -3.88. The number of carboxylic acid groups (broad SMARTS) is 1. The minimum atomic E-state index is -1.21. The zero-order chi connectivity index (χ0) is 24.5. The van der Waals surface area contributed by atoms with Gasteiger partial charge in [0.05, 0.1) is 6.42 Å². The van der Waals surface area contributed by atoms with Gasteiger partial charge >= 0.3 is 12.1 Å². The molecule has 3 aliphatic rings. The number of hydrazine groups is 1. The van der Waals surface area contributed by atoms with Gasteiger partial charge in [-0.3, -0.25) is 15.0 Å². The Morgan fingerprint density at radius 3 is 2.34 bits per heavy atom. The summed E-state index contributed by atoms with van der Waals surface area (Å²) in [6.45, 7) is 0.236. The average Bonchev–Trinajstić information content (AvgIpc) is 3.53. The molecule has 3 atom stereocenters. The number of carbonyl (C=O) groups excluding carboxylic acids is 3. The predicted molar refractivity (Wildman–Crippen MR) is 125 cm³/mol. The van der Waals surface area contributed by atoms with Gasteiger partial charge in [0.1, 0.15) is 6.61 Å². The molecule has 0 aromatic heterocycles. The van der Waals surface area contributed by atoms with Crippen LogP contribution in [0.1, 0.15) is 49.1 Å². The number of ether oxygens (including phenoxy) is 1. The van der Waals surface area contributed by atoms with Crippen LogP contribution in [0.5, 0.6) is 0 Å². The zero-order valence-corrected chi connectivity index (χ0v) is 19.1. The number of rotatable bonds is 6. The number of carbonyl (C=O) groups is 4. The number of hydrogen-bond acceptors (Lipinski definition) is 5. The minimum absolute atomic E-state index is 0.00617. The predicted octanol–water partition coefficient (Wildman–Crippen LogP) is 2.80. The molecule has 35 heavy (non-hydrogen) atoms. The second-order valence-corrected chi connectivity index (χ2v) is 9.41. The molecule has 9 heteroatoms. The van der Waals surface area contributed by atoms with E-state index in [9.17, 15) is 24.3 Å². The summed E-state index contributed by atoms with van der Waals surface area (Å²) in [5, 5.41) is 13.1. The minimum Gasteiger partial charge on any atom is -0.480 e. The molecule has 1 saturated carbocycles. The van der Waals surface area contributed by atoms with Crippen molar-refractivity contribution in [3.05, 3.63) is 59.7 Å². The molecule has 1 unspecified atom stereocenters. The third-order valence-corrected chi connectivity index (χ3v) is 7.16. The van der Waals surface area contributed by atoms with Gasteiger partial charge in [-0.1, -0.05) is 48.5 Å². The number of fused-ring (bicyclic) bond motifs is 3. The molecule has 9 nitrogen and oxygen atoms in total. The second kappa shape index (κ2) is 9.40. The van der Waals surface area contributed by atoms with E-state index in [4.69, 9.17) is 4.74 Å². The van der Waals surface area contributed by atoms with E-state index in [-0.39, 0.29) is 37.3 Å². The third kappa shape index (κ3) is 4.58. The normalized spacial score (nSPS) is 22.9. The highest BCUT2D eigenvalue weighted by Gasteiger charge is 2.40. The Morgan fingerprint density at radius 1 is 1.03 bits per heavy atom. The second-order valence-electron chi connectivity index (χ2n) is 9.41. The number of nitrogens with one attached hydrogen (secondary N) is 2. The van der Waals surface area contributed by atoms with E-state index in [2.05, 4.69) is 35.0 Å². The van der Waals surface area contributed by atoms with Gasteiger partial charge in [-0.2, -0.15) is 0 Å². The molecular weight excluding hydrogens is 450 g/mol. The molecule has 182 valence electrons. The van der Waals surface area contributed by atoms with Crippen LogP contribution in [-0.2, 0) is 19.1 Å². The molecule has 2 aromatic rings. The summed E-state index contributed by atoms with van der Waals surface area (Å²) in [4.78, 5) is 48.0. The number of benzene rings is 2. The quantitative estimate of drug-likeness (QED) is 0.588. The molecule has 1 heterocycles. The van der Waals surface area contributed by atoms with Crippen molar-refractivity contribution in [3.63, 3.8) is 0 Å². The van der Waals surface area contributed by atoms with Gasteiger partial charge in [0.15, 0.2) is 6.04 Å². The molecule has 2 aromatic carbocycles. The fourth-order valence-corrected chi connectivity index (χ4v) is 5.50. The lowest BCUT2D eigenvalue weighted by Gasteiger charge is -2.22. The first-order valence-corrected chi connectivity index (χ1v) is 11.9. The van der Waals surface area contributed by atoms with Crippen LogP contribution in [0.2, 0.25) is 0 Å². The summed E-state index contributed by atoms with van der Waals surface area (Å²) >= 11 is 0. The van der Waals surface area contributed by atoms with E-state index in [0.29, 0.717) is 12.8 Å². The molecule has 1 aliphatic heterocycles. The van der Waals surface area contributed by atoms with Crippen molar-refractivity contribution < 1.29 is 29.0 Å². The van der Waals surface area contributed by atoms with Gasteiger partial charge < -0.3 is 15.2 Å². The van der Waals surface area contributed by atoms with E-state index in [1.54, 1.807) is 0 Å². The van der Waals surface area contributed by atoms with E-state index >= 15 is 0 Å².